The van der Waals surface area contributed by atoms with Crippen molar-refractivity contribution >= 4 is 5.97 Å². The maximum Gasteiger partial charge on any atom is 0.310 e. The topological polar surface area (TPSA) is 38.3 Å². The third kappa shape index (κ3) is 2.71. The van der Waals surface area contributed by atoms with Gasteiger partial charge in [0.1, 0.15) is 0 Å². The summed E-state index contributed by atoms with van der Waals surface area (Å²) in [7, 11) is 0. The standard InChI is InChI=1S/C12H21NO2/c1-9-11(5-7-13-9)12(14)15-8-6-10-3-2-4-10/h9-11,13H,2-8H2,1H3. The van der Waals surface area contributed by atoms with Gasteiger partial charge >= 0.3 is 5.97 Å². The van der Waals surface area contributed by atoms with Crippen LogP contribution in [0.25, 0.3) is 0 Å². The van der Waals surface area contributed by atoms with E-state index in [9.17, 15) is 4.79 Å². The molecule has 86 valence electrons. The lowest BCUT2D eigenvalue weighted by Crippen LogP contribution is -2.30. The van der Waals surface area contributed by atoms with E-state index in [2.05, 4.69) is 12.2 Å². The van der Waals surface area contributed by atoms with Crippen molar-refractivity contribution in [1.82, 2.24) is 5.32 Å². The van der Waals surface area contributed by atoms with Crippen LogP contribution in [0.3, 0.4) is 0 Å². The fraction of sp³-hybridized carbons (Fsp3) is 0.917. The summed E-state index contributed by atoms with van der Waals surface area (Å²) in [5.41, 5.74) is 0. The zero-order valence-electron chi connectivity index (χ0n) is 9.50. The Morgan fingerprint density at radius 2 is 2.20 bits per heavy atom. The molecule has 1 saturated heterocycles. The normalized spacial score (nSPS) is 31.3. The van der Waals surface area contributed by atoms with Crippen molar-refractivity contribution in [3.63, 3.8) is 0 Å². The summed E-state index contributed by atoms with van der Waals surface area (Å²) in [5, 5.41) is 3.27. The summed E-state index contributed by atoms with van der Waals surface area (Å²) in [4.78, 5) is 11.7. The van der Waals surface area contributed by atoms with E-state index < -0.39 is 0 Å². The molecule has 3 heteroatoms. The van der Waals surface area contributed by atoms with Gasteiger partial charge in [-0.25, -0.2) is 0 Å². The van der Waals surface area contributed by atoms with Gasteiger partial charge in [-0.1, -0.05) is 19.3 Å². The molecule has 0 spiro atoms. The molecule has 15 heavy (non-hydrogen) atoms. The van der Waals surface area contributed by atoms with Crippen LogP contribution in [0, 0.1) is 11.8 Å². The van der Waals surface area contributed by atoms with Gasteiger partial charge in [-0.05, 0) is 32.2 Å². The molecule has 2 atom stereocenters. The Bertz CT molecular complexity index is 226. The Balaban J connectivity index is 1.63. The first-order chi connectivity index (χ1) is 7.27. The average molecular weight is 211 g/mol. The van der Waals surface area contributed by atoms with Crippen LogP contribution in [0.5, 0.6) is 0 Å². The molecule has 1 heterocycles. The summed E-state index contributed by atoms with van der Waals surface area (Å²) in [6.07, 6.45) is 6.03. The molecule has 0 aromatic heterocycles. The number of nitrogens with one attached hydrogen (secondary N) is 1. The average Bonchev–Trinajstić information content (AvgIpc) is 2.55. The zero-order chi connectivity index (χ0) is 10.7. The van der Waals surface area contributed by atoms with Gasteiger partial charge in [0.15, 0.2) is 0 Å². The van der Waals surface area contributed by atoms with Gasteiger partial charge in [-0.3, -0.25) is 4.79 Å². The Hall–Kier alpha value is -0.570. The second kappa shape index (κ2) is 4.97. The number of carbonyl (C=O) groups excluding carboxylic acids is 1. The van der Waals surface area contributed by atoms with Gasteiger partial charge in [0.2, 0.25) is 0 Å². The summed E-state index contributed by atoms with van der Waals surface area (Å²) < 4.78 is 5.32. The number of carbonyl (C=O) groups is 1. The van der Waals surface area contributed by atoms with E-state index in [4.69, 9.17) is 4.74 Å². The largest absolute Gasteiger partial charge is 0.465 e. The third-order valence-corrected chi connectivity index (χ3v) is 3.82. The minimum Gasteiger partial charge on any atom is -0.465 e. The van der Waals surface area contributed by atoms with Crippen molar-refractivity contribution in [3.05, 3.63) is 0 Å². The molecule has 1 saturated carbocycles. The second-order valence-electron chi connectivity index (χ2n) is 4.89. The first kappa shape index (κ1) is 10.9. The highest BCUT2D eigenvalue weighted by Crippen LogP contribution is 2.29. The van der Waals surface area contributed by atoms with Crippen LogP contribution >= 0.6 is 0 Å². The van der Waals surface area contributed by atoms with E-state index in [1.54, 1.807) is 0 Å². The van der Waals surface area contributed by atoms with Crippen LogP contribution in [0.1, 0.15) is 39.0 Å². The van der Waals surface area contributed by atoms with Crippen molar-refractivity contribution in [2.75, 3.05) is 13.2 Å². The number of rotatable bonds is 4. The van der Waals surface area contributed by atoms with Gasteiger partial charge in [-0.2, -0.15) is 0 Å². The van der Waals surface area contributed by atoms with Crippen molar-refractivity contribution in [3.8, 4) is 0 Å². The SMILES string of the molecule is CC1NCCC1C(=O)OCCC1CCC1. The lowest BCUT2D eigenvalue weighted by molar-refractivity contribution is -0.149. The maximum atomic E-state index is 11.7. The van der Waals surface area contributed by atoms with Crippen LogP contribution < -0.4 is 5.32 Å². The highest BCUT2D eigenvalue weighted by molar-refractivity contribution is 5.73. The molecule has 2 rings (SSSR count). The van der Waals surface area contributed by atoms with Gasteiger partial charge in [0.25, 0.3) is 0 Å². The summed E-state index contributed by atoms with van der Waals surface area (Å²) in [6.45, 7) is 3.64. The van der Waals surface area contributed by atoms with Gasteiger partial charge in [-0.15, -0.1) is 0 Å². The van der Waals surface area contributed by atoms with Gasteiger partial charge < -0.3 is 10.1 Å². The van der Waals surface area contributed by atoms with Crippen molar-refractivity contribution in [1.29, 1.82) is 0 Å². The first-order valence-corrected chi connectivity index (χ1v) is 6.17. The molecule has 0 aromatic rings. The number of ether oxygens (including phenoxy) is 1. The smallest absolute Gasteiger partial charge is 0.310 e. The molecule has 3 nitrogen and oxygen atoms in total. The van der Waals surface area contributed by atoms with Crippen LogP contribution in [0.4, 0.5) is 0 Å². The number of hydrogen-bond acceptors (Lipinski definition) is 3. The fourth-order valence-corrected chi connectivity index (χ4v) is 2.40. The molecule has 1 aliphatic heterocycles. The molecule has 0 amide bonds. The lowest BCUT2D eigenvalue weighted by Gasteiger charge is -2.25. The van der Waals surface area contributed by atoms with E-state index in [0.29, 0.717) is 12.6 Å². The van der Waals surface area contributed by atoms with Crippen LogP contribution in [0.15, 0.2) is 0 Å². The minimum atomic E-state index is 0.00632. The Morgan fingerprint density at radius 3 is 2.73 bits per heavy atom. The van der Waals surface area contributed by atoms with Crippen molar-refractivity contribution in [2.45, 2.75) is 45.1 Å². The maximum absolute atomic E-state index is 11.7. The fourth-order valence-electron chi connectivity index (χ4n) is 2.40. The molecular weight excluding hydrogens is 190 g/mol. The Labute approximate surface area is 91.6 Å². The second-order valence-corrected chi connectivity index (χ2v) is 4.89. The summed E-state index contributed by atoms with van der Waals surface area (Å²) in [6, 6.07) is 0.293. The predicted octanol–water partition coefficient (Wildman–Crippen LogP) is 1.72. The summed E-state index contributed by atoms with van der Waals surface area (Å²) in [5.74, 6) is 0.926. The van der Waals surface area contributed by atoms with Crippen LogP contribution in [-0.2, 0) is 9.53 Å². The Morgan fingerprint density at radius 1 is 1.40 bits per heavy atom. The van der Waals surface area contributed by atoms with Crippen LogP contribution in [0.2, 0.25) is 0 Å². The van der Waals surface area contributed by atoms with E-state index in [1.807, 2.05) is 0 Å². The monoisotopic (exact) mass is 211 g/mol. The molecule has 2 unspecified atom stereocenters. The van der Waals surface area contributed by atoms with Crippen LogP contribution in [-0.4, -0.2) is 25.2 Å². The molecule has 1 N–H and O–H groups in total. The highest BCUT2D eigenvalue weighted by atomic mass is 16.5. The number of esters is 1. The lowest BCUT2D eigenvalue weighted by atomic mass is 9.83. The van der Waals surface area contributed by atoms with E-state index in [0.717, 1.165) is 25.3 Å². The quantitative estimate of drug-likeness (QED) is 0.720. The third-order valence-electron chi connectivity index (χ3n) is 3.82. The van der Waals surface area contributed by atoms with E-state index >= 15 is 0 Å². The molecule has 2 aliphatic rings. The molecular formula is C12H21NO2. The Kier molecular flexibility index (Phi) is 3.62. The van der Waals surface area contributed by atoms with Crippen molar-refractivity contribution in [2.24, 2.45) is 11.8 Å². The van der Waals surface area contributed by atoms with Gasteiger partial charge in [0, 0.05) is 6.04 Å². The van der Waals surface area contributed by atoms with E-state index in [-0.39, 0.29) is 11.9 Å². The molecule has 2 fully saturated rings. The molecule has 1 aliphatic carbocycles. The van der Waals surface area contributed by atoms with E-state index in [1.165, 1.54) is 19.3 Å². The first-order valence-electron chi connectivity index (χ1n) is 6.17. The molecule has 0 radical (unpaired) electrons. The molecule has 0 bridgehead atoms. The summed E-state index contributed by atoms with van der Waals surface area (Å²) >= 11 is 0. The molecule has 0 aromatic carbocycles. The minimum absolute atomic E-state index is 0.00632. The predicted molar refractivity (Wildman–Crippen MR) is 58.5 cm³/mol. The number of hydrogen-bond donors (Lipinski definition) is 1. The van der Waals surface area contributed by atoms with Crippen molar-refractivity contribution < 1.29 is 9.53 Å². The zero-order valence-corrected chi connectivity index (χ0v) is 9.50. The van der Waals surface area contributed by atoms with Gasteiger partial charge in [0.05, 0.1) is 12.5 Å². The highest BCUT2D eigenvalue weighted by Gasteiger charge is 2.30.